The van der Waals surface area contributed by atoms with E-state index in [0.29, 0.717) is 6.54 Å². The molecular formula is C25H32N2O3. The van der Waals surface area contributed by atoms with Crippen LogP contribution in [0, 0.1) is 6.92 Å². The highest BCUT2D eigenvalue weighted by Gasteiger charge is 2.22. The van der Waals surface area contributed by atoms with Gasteiger partial charge in [0.05, 0.1) is 20.3 Å². The number of carbonyl (C=O) groups excluding carboxylic acids is 1. The summed E-state index contributed by atoms with van der Waals surface area (Å²) in [4.78, 5) is 17.6. The molecule has 1 fully saturated rings. The van der Waals surface area contributed by atoms with Crippen molar-refractivity contribution in [2.45, 2.75) is 26.4 Å². The molecule has 1 atom stereocenters. The number of hydrogen-bond acceptors (Lipinski definition) is 4. The van der Waals surface area contributed by atoms with Crippen molar-refractivity contribution in [1.82, 2.24) is 9.80 Å². The largest absolute Gasteiger partial charge is 0.496 e. The van der Waals surface area contributed by atoms with Gasteiger partial charge in [-0.1, -0.05) is 42.0 Å². The lowest BCUT2D eigenvalue weighted by Gasteiger charge is -2.34. The molecule has 2 aromatic carbocycles. The molecule has 0 bridgehead atoms. The van der Waals surface area contributed by atoms with Gasteiger partial charge in [-0.25, -0.2) is 0 Å². The van der Waals surface area contributed by atoms with E-state index in [9.17, 15) is 4.79 Å². The fourth-order valence-corrected chi connectivity index (χ4v) is 3.73. The predicted molar refractivity (Wildman–Crippen MR) is 120 cm³/mol. The standard InChI is InChI=1S/C25H32N2O3/c1-20-9-11-24(29-3)23(17-20)10-12-25(28)27(19-22-7-5-4-6-8-22)21(2)18-26-13-15-30-16-14-26/h4-12,17,21H,13-16,18-19H2,1-3H3/b12-10+. The molecule has 0 radical (unpaired) electrons. The maximum Gasteiger partial charge on any atom is 0.247 e. The molecular weight excluding hydrogens is 376 g/mol. The van der Waals surface area contributed by atoms with Crippen LogP contribution in [0.5, 0.6) is 5.75 Å². The highest BCUT2D eigenvalue weighted by molar-refractivity contribution is 5.92. The van der Waals surface area contributed by atoms with Crippen molar-refractivity contribution in [3.8, 4) is 5.75 Å². The van der Waals surface area contributed by atoms with Gasteiger partial charge in [0.25, 0.3) is 0 Å². The van der Waals surface area contributed by atoms with Crippen molar-refractivity contribution in [2.75, 3.05) is 40.0 Å². The van der Waals surface area contributed by atoms with Crippen LogP contribution in [0.3, 0.4) is 0 Å². The fourth-order valence-electron chi connectivity index (χ4n) is 3.73. The van der Waals surface area contributed by atoms with E-state index >= 15 is 0 Å². The first-order valence-corrected chi connectivity index (χ1v) is 10.5. The van der Waals surface area contributed by atoms with Crippen LogP contribution in [0.2, 0.25) is 0 Å². The lowest BCUT2D eigenvalue weighted by molar-refractivity contribution is -0.129. The van der Waals surface area contributed by atoms with Gasteiger partial charge in [0.1, 0.15) is 5.75 Å². The van der Waals surface area contributed by atoms with Crippen LogP contribution in [0.25, 0.3) is 6.08 Å². The van der Waals surface area contributed by atoms with Gasteiger partial charge in [-0.05, 0) is 37.6 Å². The number of hydrogen-bond donors (Lipinski definition) is 0. The Balaban J connectivity index is 1.77. The second-order valence-corrected chi connectivity index (χ2v) is 7.79. The summed E-state index contributed by atoms with van der Waals surface area (Å²) in [5.74, 6) is 0.767. The normalized spacial score (nSPS) is 15.8. The molecule has 1 unspecified atom stereocenters. The average Bonchev–Trinajstić information content (AvgIpc) is 2.77. The average molecular weight is 409 g/mol. The minimum Gasteiger partial charge on any atom is -0.496 e. The Kier molecular flexibility index (Phi) is 8.05. The molecule has 30 heavy (non-hydrogen) atoms. The Morgan fingerprint density at radius 2 is 1.93 bits per heavy atom. The van der Waals surface area contributed by atoms with E-state index in [2.05, 4.69) is 24.0 Å². The maximum absolute atomic E-state index is 13.2. The van der Waals surface area contributed by atoms with Crippen molar-refractivity contribution >= 4 is 12.0 Å². The molecule has 2 aromatic rings. The lowest BCUT2D eigenvalue weighted by atomic mass is 10.1. The Hall–Kier alpha value is -2.63. The van der Waals surface area contributed by atoms with Crippen molar-refractivity contribution in [1.29, 1.82) is 0 Å². The van der Waals surface area contributed by atoms with E-state index in [-0.39, 0.29) is 11.9 Å². The minimum absolute atomic E-state index is 0.00294. The van der Waals surface area contributed by atoms with Gasteiger partial charge in [0, 0.05) is 43.9 Å². The van der Waals surface area contributed by atoms with Gasteiger partial charge in [0.15, 0.2) is 0 Å². The van der Waals surface area contributed by atoms with E-state index in [4.69, 9.17) is 9.47 Å². The van der Waals surface area contributed by atoms with Crippen LogP contribution < -0.4 is 4.74 Å². The quantitative estimate of drug-likeness (QED) is 0.624. The SMILES string of the molecule is COc1ccc(C)cc1/C=C/C(=O)N(Cc1ccccc1)C(C)CN1CCOCC1. The third-order valence-electron chi connectivity index (χ3n) is 5.43. The van der Waals surface area contributed by atoms with E-state index in [1.807, 2.05) is 54.3 Å². The van der Waals surface area contributed by atoms with Crippen LogP contribution in [0.15, 0.2) is 54.6 Å². The Morgan fingerprint density at radius 3 is 2.63 bits per heavy atom. The molecule has 0 spiro atoms. The molecule has 0 saturated carbocycles. The van der Waals surface area contributed by atoms with Crippen molar-refractivity contribution in [3.63, 3.8) is 0 Å². The zero-order valence-corrected chi connectivity index (χ0v) is 18.2. The molecule has 1 amide bonds. The van der Waals surface area contributed by atoms with E-state index in [1.54, 1.807) is 13.2 Å². The number of methoxy groups -OCH3 is 1. The number of carbonyl (C=O) groups is 1. The molecule has 5 heteroatoms. The van der Waals surface area contributed by atoms with Gasteiger partial charge >= 0.3 is 0 Å². The minimum atomic E-state index is 0.00294. The Labute approximate surface area is 179 Å². The summed E-state index contributed by atoms with van der Waals surface area (Å²) in [5.41, 5.74) is 3.16. The number of nitrogens with zero attached hydrogens (tertiary/aromatic N) is 2. The van der Waals surface area contributed by atoms with Gasteiger partial charge < -0.3 is 14.4 Å². The van der Waals surface area contributed by atoms with E-state index in [0.717, 1.165) is 55.3 Å². The summed E-state index contributed by atoms with van der Waals surface area (Å²) in [6.07, 6.45) is 3.52. The van der Waals surface area contributed by atoms with Crippen LogP contribution in [-0.2, 0) is 16.1 Å². The second-order valence-electron chi connectivity index (χ2n) is 7.79. The third kappa shape index (κ3) is 6.18. The monoisotopic (exact) mass is 408 g/mol. The number of morpholine rings is 1. The first kappa shape index (κ1) is 22.1. The van der Waals surface area contributed by atoms with Crippen molar-refractivity contribution in [2.24, 2.45) is 0 Å². The highest BCUT2D eigenvalue weighted by Crippen LogP contribution is 2.21. The first-order valence-electron chi connectivity index (χ1n) is 10.5. The highest BCUT2D eigenvalue weighted by atomic mass is 16.5. The Morgan fingerprint density at radius 1 is 1.20 bits per heavy atom. The fraction of sp³-hybridized carbons (Fsp3) is 0.400. The second kappa shape index (κ2) is 11.0. The smallest absolute Gasteiger partial charge is 0.247 e. The van der Waals surface area contributed by atoms with Crippen LogP contribution in [-0.4, -0.2) is 61.7 Å². The topological polar surface area (TPSA) is 42.0 Å². The summed E-state index contributed by atoms with van der Waals surface area (Å²) in [6.45, 7) is 8.91. The third-order valence-corrected chi connectivity index (χ3v) is 5.43. The summed E-state index contributed by atoms with van der Waals surface area (Å²) < 4.78 is 10.9. The van der Waals surface area contributed by atoms with Crippen LogP contribution in [0.4, 0.5) is 0 Å². The summed E-state index contributed by atoms with van der Waals surface area (Å²) in [6, 6.07) is 16.2. The first-order chi connectivity index (χ1) is 14.6. The van der Waals surface area contributed by atoms with Crippen molar-refractivity contribution < 1.29 is 14.3 Å². The molecule has 0 aromatic heterocycles. The van der Waals surface area contributed by atoms with Crippen LogP contribution in [0.1, 0.15) is 23.6 Å². The number of amides is 1. The molecule has 1 saturated heterocycles. The van der Waals surface area contributed by atoms with Gasteiger partial charge in [-0.2, -0.15) is 0 Å². The molecule has 0 aliphatic carbocycles. The summed E-state index contributed by atoms with van der Waals surface area (Å²) in [5, 5.41) is 0. The molecule has 1 heterocycles. The Bertz CT molecular complexity index is 845. The zero-order valence-electron chi connectivity index (χ0n) is 18.2. The molecule has 3 rings (SSSR count). The van der Waals surface area contributed by atoms with E-state index in [1.165, 1.54) is 0 Å². The molecule has 160 valence electrons. The maximum atomic E-state index is 13.2. The van der Waals surface area contributed by atoms with Gasteiger partial charge in [-0.3, -0.25) is 9.69 Å². The van der Waals surface area contributed by atoms with Crippen LogP contribution >= 0.6 is 0 Å². The number of aryl methyl sites for hydroxylation is 1. The van der Waals surface area contributed by atoms with E-state index < -0.39 is 0 Å². The summed E-state index contributed by atoms with van der Waals surface area (Å²) >= 11 is 0. The number of benzene rings is 2. The molecule has 0 N–H and O–H groups in total. The van der Waals surface area contributed by atoms with Gasteiger partial charge in [0.2, 0.25) is 5.91 Å². The number of ether oxygens (including phenoxy) is 2. The molecule has 1 aliphatic heterocycles. The van der Waals surface area contributed by atoms with Gasteiger partial charge in [-0.15, -0.1) is 0 Å². The number of rotatable bonds is 8. The predicted octanol–water partition coefficient (Wildman–Crippen LogP) is 3.77. The molecule has 1 aliphatic rings. The lowest BCUT2D eigenvalue weighted by Crippen LogP contribution is -2.47. The molecule has 5 nitrogen and oxygen atoms in total. The summed E-state index contributed by atoms with van der Waals surface area (Å²) in [7, 11) is 1.65. The zero-order chi connectivity index (χ0) is 21.3. The van der Waals surface area contributed by atoms with Crippen molar-refractivity contribution in [3.05, 3.63) is 71.3 Å².